The van der Waals surface area contributed by atoms with Crippen molar-refractivity contribution in [1.82, 2.24) is 0 Å². The van der Waals surface area contributed by atoms with Gasteiger partial charge in [-0.2, -0.15) is 0 Å². The number of aliphatic hydroxyl groups is 3. The number of aliphatic hydroxyl groups excluding tert-OH is 3. The summed E-state index contributed by atoms with van der Waals surface area (Å²) in [6.45, 7) is -2.53. The van der Waals surface area contributed by atoms with Crippen LogP contribution in [0.15, 0.2) is 0 Å². The average Bonchev–Trinajstić information content (AvgIpc) is 1.87. The second kappa shape index (κ2) is 3.59. The van der Waals surface area contributed by atoms with Gasteiger partial charge in [-0.25, -0.2) is 0 Å². The Kier molecular flexibility index (Phi) is 3.86. The molecule has 0 aliphatic carbocycles. The number of halogens is 1. The van der Waals surface area contributed by atoms with Gasteiger partial charge < -0.3 is 0 Å². The third-order valence-electron chi connectivity index (χ3n) is 0.850. The molecule has 0 aromatic carbocycles. The van der Waals surface area contributed by atoms with Crippen molar-refractivity contribution in [2.24, 2.45) is 0 Å². The van der Waals surface area contributed by atoms with Gasteiger partial charge in [-0.05, 0) is 0 Å². The van der Waals surface area contributed by atoms with Gasteiger partial charge in [0.1, 0.15) is 0 Å². The molecule has 0 spiro atoms. The van der Waals surface area contributed by atoms with E-state index in [1.165, 1.54) is 0 Å². The van der Waals surface area contributed by atoms with E-state index in [-0.39, 0.29) is 19.0 Å². The molecule has 0 aliphatic heterocycles. The average molecular weight is 161 g/mol. The fourth-order valence-corrected chi connectivity index (χ4v) is 0.450. The van der Waals surface area contributed by atoms with E-state index in [9.17, 15) is 0 Å². The van der Waals surface area contributed by atoms with Crippen molar-refractivity contribution in [3.8, 4) is 0 Å². The molecular weight excluding hydrogens is 150 g/mol. The number of hydrogen-bond donors (Lipinski definition) is 3. The molecule has 0 bridgehead atoms. The topological polar surface area (TPSA) is 60.7 Å². The second-order valence-corrected chi connectivity index (χ2v) is 7.28. The predicted molar refractivity (Wildman–Crippen MR) is 35.4 cm³/mol. The molecule has 52 valence electrons. The molecule has 0 heterocycles. The predicted octanol–water partition coefficient (Wildman–Crippen LogP) is -0.260. The van der Waals surface area contributed by atoms with E-state index in [1.807, 2.05) is 0 Å². The van der Waals surface area contributed by atoms with Crippen molar-refractivity contribution in [2.45, 2.75) is 0 Å². The van der Waals surface area contributed by atoms with Gasteiger partial charge in [0.15, 0.2) is 0 Å². The molecule has 0 saturated heterocycles. The monoisotopic (exact) mass is 160 g/mol. The maximum absolute atomic E-state index is 8.40. The zero-order valence-corrected chi connectivity index (χ0v) is 6.10. The molecule has 0 aromatic heterocycles. The summed E-state index contributed by atoms with van der Waals surface area (Å²) in [6, 6.07) is 0. The fraction of sp³-hybridized carbons (Fsp3) is 1.00. The molecule has 5 heteroatoms. The van der Waals surface area contributed by atoms with Crippen LogP contribution in [0.2, 0.25) is 0 Å². The van der Waals surface area contributed by atoms with Gasteiger partial charge in [0.05, 0.1) is 0 Å². The Morgan fingerprint density at radius 3 is 1.25 bits per heavy atom. The van der Waals surface area contributed by atoms with E-state index in [4.69, 9.17) is 26.6 Å². The Bertz CT molecular complexity index is 57.3. The Hall–Kier alpha value is 0.600. The number of hydrogen-bond acceptors (Lipinski definition) is 3. The van der Waals surface area contributed by atoms with Gasteiger partial charge in [-0.1, -0.05) is 0 Å². The molecule has 0 aliphatic rings. The maximum atomic E-state index is 8.40. The van der Waals surface area contributed by atoms with Crippen LogP contribution in [0.1, 0.15) is 0 Å². The van der Waals surface area contributed by atoms with Gasteiger partial charge in [-0.15, -0.1) is 0 Å². The van der Waals surface area contributed by atoms with Crippen molar-refractivity contribution in [3.63, 3.8) is 0 Å². The first-order chi connectivity index (χ1) is 3.68. The van der Waals surface area contributed by atoms with E-state index in [2.05, 4.69) is 0 Å². The minimum atomic E-state index is -2.53. The van der Waals surface area contributed by atoms with Gasteiger partial charge in [0.25, 0.3) is 0 Å². The van der Waals surface area contributed by atoms with Crippen LogP contribution in [0.5, 0.6) is 0 Å². The van der Waals surface area contributed by atoms with E-state index in [0.29, 0.717) is 0 Å². The van der Waals surface area contributed by atoms with Crippen molar-refractivity contribution >= 4 is 17.9 Å². The van der Waals surface area contributed by atoms with Crippen LogP contribution in [-0.2, 0) is 0 Å². The van der Waals surface area contributed by atoms with Gasteiger partial charge >= 0.3 is 52.2 Å². The normalized spacial score (nSPS) is 14.0. The molecule has 0 saturated carbocycles. The zero-order valence-electron chi connectivity index (χ0n) is 4.34. The van der Waals surface area contributed by atoms with Crippen molar-refractivity contribution in [2.75, 3.05) is 19.0 Å². The first-order valence-electron chi connectivity index (χ1n) is 2.20. The molecule has 0 fully saturated rings. The Morgan fingerprint density at radius 2 is 1.25 bits per heavy atom. The van der Waals surface area contributed by atoms with Gasteiger partial charge in [-0.3, -0.25) is 0 Å². The SMILES string of the molecule is OC[PH](Cl)(CO)CO. The Morgan fingerprint density at radius 1 is 1.00 bits per heavy atom. The summed E-state index contributed by atoms with van der Waals surface area (Å²) in [7, 11) is 0. The first-order valence-corrected chi connectivity index (χ1v) is 5.83. The zero-order chi connectivity index (χ0) is 6.62. The van der Waals surface area contributed by atoms with Crippen LogP contribution < -0.4 is 0 Å². The van der Waals surface area contributed by atoms with Crippen LogP contribution in [0.25, 0.3) is 0 Å². The van der Waals surface area contributed by atoms with Crippen molar-refractivity contribution in [1.29, 1.82) is 0 Å². The molecule has 0 unspecified atom stereocenters. The van der Waals surface area contributed by atoms with Crippen LogP contribution in [-0.4, -0.2) is 34.4 Å². The molecule has 3 N–H and O–H groups in total. The van der Waals surface area contributed by atoms with Gasteiger partial charge in [0.2, 0.25) is 0 Å². The third-order valence-corrected chi connectivity index (χ3v) is 3.63. The van der Waals surface area contributed by atoms with Crippen LogP contribution in [0.3, 0.4) is 0 Å². The summed E-state index contributed by atoms with van der Waals surface area (Å²) in [5.74, 6) is 0. The third kappa shape index (κ3) is 2.25. The summed E-state index contributed by atoms with van der Waals surface area (Å²) in [5.41, 5.74) is 0. The molecule has 0 amide bonds. The van der Waals surface area contributed by atoms with Crippen LogP contribution in [0, 0.1) is 0 Å². The summed E-state index contributed by atoms with van der Waals surface area (Å²) in [5, 5.41) is 25.2. The fourth-order valence-electron chi connectivity index (χ4n) is 0.150. The Labute approximate surface area is 53.0 Å². The van der Waals surface area contributed by atoms with E-state index in [0.717, 1.165) is 0 Å². The van der Waals surface area contributed by atoms with Crippen LogP contribution >= 0.6 is 17.9 Å². The van der Waals surface area contributed by atoms with Crippen LogP contribution in [0.4, 0.5) is 0 Å². The standard InChI is InChI=1S/C3H10ClO3P/c4-8(1-5,2-6)3-7/h5-8H,1-3H2. The van der Waals surface area contributed by atoms with Crippen molar-refractivity contribution in [3.05, 3.63) is 0 Å². The molecule has 0 rings (SSSR count). The minimum absolute atomic E-state index is 0.276. The summed E-state index contributed by atoms with van der Waals surface area (Å²) in [6.07, 6.45) is -0.829. The molecule has 0 aromatic rings. The second-order valence-electron chi connectivity index (χ2n) is 1.63. The quantitative estimate of drug-likeness (QED) is 0.499. The number of rotatable bonds is 3. The summed E-state index contributed by atoms with van der Waals surface area (Å²) >= 11 is 5.48. The first kappa shape index (κ1) is 8.60. The van der Waals surface area contributed by atoms with Crippen molar-refractivity contribution < 1.29 is 15.3 Å². The van der Waals surface area contributed by atoms with E-state index in [1.54, 1.807) is 0 Å². The van der Waals surface area contributed by atoms with E-state index >= 15 is 0 Å². The van der Waals surface area contributed by atoms with E-state index < -0.39 is 6.62 Å². The van der Waals surface area contributed by atoms with Gasteiger partial charge in [0, 0.05) is 0 Å². The Balaban J connectivity index is 3.58. The summed E-state index contributed by atoms with van der Waals surface area (Å²) in [4.78, 5) is 0. The molecular formula is C3H10ClO3P. The molecule has 0 atom stereocenters. The summed E-state index contributed by atoms with van der Waals surface area (Å²) < 4.78 is 0. The molecule has 0 radical (unpaired) electrons. The molecule has 3 nitrogen and oxygen atoms in total. The molecule has 8 heavy (non-hydrogen) atoms.